The molecule has 1 unspecified atom stereocenters. The normalized spacial score (nSPS) is 33.6. The van der Waals surface area contributed by atoms with Crippen LogP contribution in [-0.2, 0) is 0 Å². The third-order valence-electron chi connectivity index (χ3n) is 1.36. The third-order valence-corrected chi connectivity index (χ3v) is 2.53. The first-order valence-corrected chi connectivity index (χ1v) is 4.16. The predicted molar refractivity (Wildman–Crippen MR) is 40.3 cm³/mol. The van der Waals surface area contributed by atoms with E-state index < -0.39 is 5.60 Å². The molecule has 0 saturated carbocycles. The number of hydrogen-bond donors (Lipinski definition) is 1. The summed E-state index contributed by atoms with van der Waals surface area (Å²) in [6, 6.07) is 0. The lowest BCUT2D eigenvalue weighted by atomic mass is 10.1. The van der Waals surface area contributed by atoms with Crippen molar-refractivity contribution in [2.45, 2.75) is 18.9 Å². The van der Waals surface area contributed by atoms with Gasteiger partial charge < -0.3 is 5.11 Å². The molecule has 0 aromatic heterocycles. The summed E-state index contributed by atoms with van der Waals surface area (Å²) in [5, 5.41) is 9.50. The van der Waals surface area contributed by atoms with Crippen molar-refractivity contribution in [3.8, 4) is 11.8 Å². The van der Waals surface area contributed by atoms with Crippen LogP contribution in [0.4, 0.5) is 0 Å². The summed E-state index contributed by atoms with van der Waals surface area (Å²) in [4.78, 5) is 0. The summed E-state index contributed by atoms with van der Waals surface area (Å²) in [6.07, 6.45) is 0.832. The number of rotatable bonds is 0. The van der Waals surface area contributed by atoms with Crippen LogP contribution in [0.2, 0.25) is 0 Å². The Hall–Kier alpha value is -0.130. The maximum Gasteiger partial charge on any atom is 0.135 e. The average molecular weight is 142 g/mol. The van der Waals surface area contributed by atoms with Crippen molar-refractivity contribution in [3.63, 3.8) is 0 Å². The first-order chi connectivity index (χ1) is 4.27. The largest absolute Gasteiger partial charge is 0.377 e. The van der Waals surface area contributed by atoms with Gasteiger partial charge in [0.2, 0.25) is 0 Å². The van der Waals surface area contributed by atoms with Gasteiger partial charge in [-0.1, -0.05) is 5.92 Å². The van der Waals surface area contributed by atoms with E-state index in [0.717, 1.165) is 17.9 Å². The first kappa shape index (κ1) is 6.98. The number of hydrogen-bond acceptors (Lipinski definition) is 2. The highest BCUT2D eigenvalue weighted by molar-refractivity contribution is 7.99. The van der Waals surface area contributed by atoms with Crippen LogP contribution in [0.15, 0.2) is 0 Å². The van der Waals surface area contributed by atoms with Gasteiger partial charge in [-0.3, -0.25) is 0 Å². The van der Waals surface area contributed by atoms with E-state index in [0.29, 0.717) is 0 Å². The molecule has 2 heteroatoms. The Morgan fingerprint density at radius 2 is 2.44 bits per heavy atom. The quantitative estimate of drug-likeness (QED) is 0.507. The van der Waals surface area contributed by atoms with Crippen LogP contribution in [0.1, 0.15) is 13.3 Å². The van der Waals surface area contributed by atoms with Crippen LogP contribution >= 0.6 is 11.8 Å². The second kappa shape index (κ2) is 2.64. The van der Waals surface area contributed by atoms with E-state index in [2.05, 4.69) is 11.8 Å². The van der Waals surface area contributed by atoms with Gasteiger partial charge >= 0.3 is 0 Å². The predicted octanol–water partition coefficient (Wildman–Crippen LogP) is 0.878. The minimum atomic E-state index is -0.653. The van der Waals surface area contributed by atoms with Crippen LogP contribution in [0, 0.1) is 11.8 Å². The van der Waals surface area contributed by atoms with Crippen molar-refractivity contribution in [2.75, 3.05) is 11.5 Å². The van der Waals surface area contributed by atoms with Gasteiger partial charge in [-0.2, -0.15) is 11.8 Å². The van der Waals surface area contributed by atoms with Crippen LogP contribution in [-0.4, -0.2) is 22.2 Å². The SMILES string of the molecule is CC#CC1(O)CCSC1. The minimum absolute atomic E-state index is 0.653. The van der Waals surface area contributed by atoms with Crippen LogP contribution in [0.25, 0.3) is 0 Å². The molecule has 0 aliphatic carbocycles. The lowest BCUT2D eigenvalue weighted by molar-refractivity contribution is 0.130. The van der Waals surface area contributed by atoms with Gasteiger partial charge in [0.25, 0.3) is 0 Å². The number of thioether (sulfide) groups is 1. The van der Waals surface area contributed by atoms with Gasteiger partial charge in [0, 0.05) is 5.75 Å². The van der Waals surface area contributed by atoms with E-state index in [4.69, 9.17) is 0 Å². The molecule has 1 nitrogen and oxygen atoms in total. The Kier molecular flexibility index (Phi) is 2.05. The van der Waals surface area contributed by atoms with Crippen LogP contribution in [0.5, 0.6) is 0 Å². The Labute approximate surface area is 59.8 Å². The molecule has 0 aromatic carbocycles. The van der Waals surface area contributed by atoms with Crippen molar-refractivity contribution < 1.29 is 5.11 Å². The maximum atomic E-state index is 9.50. The fourth-order valence-corrected chi connectivity index (χ4v) is 2.07. The van der Waals surface area contributed by atoms with Gasteiger partial charge in [0.1, 0.15) is 5.60 Å². The van der Waals surface area contributed by atoms with Crippen molar-refractivity contribution in [3.05, 3.63) is 0 Å². The molecule has 0 amide bonds. The van der Waals surface area contributed by atoms with Gasteiger partial charge in [-0.15, -0.1) is 5.92 Å². The molecule has 0 bridgehead atoms. The summed E-state index contributed by atoms with van der Waals surface area (Å²) in [5.41, 5.74) is -0.653. The molecule has 0 spiro atoms. The summed E-state index contributed by atoms with van der Waals surface area (Å²) < 4.78 is 0. The van der Waals surface area contributed by atoms with Crippen LogP contribution < -0.4 is 0 Å². The van der Waals surface area contributed by atoms with Gasteiger partial charge in [-0.25, -0.2) is 0 Å². The van der Waals surface area contributed by atoms with E-state index in [1.165, 1.54) is 0 Å². The zero-order valence-corrected chi connectivity index (χ0v) is 6.29. The van der Waals surface area contributed by atoms with E-state index in [9.17, 15) is 5.11 Å². The summed E-state index contributed by atoms with van der Waals surface area (Å²) in [5.74, 6) is 7.37. The first-order valence-electron chi connectivity index (χ1n) is 3.01. The molecular formula is C7H10OS. The summed E-state index contributed by atoms with van der Waals surface area (Å²) in [6.45, 7) is 1.76. The molecule has 1 atom stereocenters. The molecule has 1 heterocycles. The highest BCUT2D eigenvalue weighted by Gasteiger charge is 2.28. The monoisotopic (exact) mass is 142 g/mol. The zero-order valence-electron chi connectivity index (χ0n) is 5.48. The minimum Gasteiger partial charge on any atom is -0.377 e. The van der Waals surface area contributed by atoms with E-state index >= 15 is 0 Å². The second-order valence-corrected chi connectivity index (χ2v) is 3.31. The molecule has 1 N–H and O–H groups in total. The molecule has 9 heavy (non-hydrogen) atoms. The standard InChI is InChI=1S/C7H10OS/c1-2-3-7(8)4-5-9-6-7/h8H,4-6H2,1H3. The zero-order chi connectivity index (χ0) is 6.74. The van der Waals surface area contributed by atoms with Gasteiger partial charge in [-0.05, 0) is 19.1 Å². The molecule has 50 valence electrons. The lowest BCUT2D eigenvalue weighted by Crippen LogP contribution is -2.24. The Bertz CT molecular complexity index is 148. The molecule has 1 aliphatic heterocycles. The fourth-order valence-electron chi connectivity index (χ4n) is 0.885. The Balaban J connectivity index is 2.58. The molecule has 0 radical (unpaired) electrons. The van der Waals surface area contributed by atoms with Crippen LogP contribution in [0.3, 0.4) is 0 Å². The van der Waals surface area contributed by atoms with Crippen molar-refractivity contribution in [2.24, 2.45) is 0 Å². The van der Waals surface area contributed by atoms with E-state index in [1.54, 1.807) is 18.7 Å². The fraction of sp³-hybridized carbons (Fsp3) is 0.714. The Morgan fingerprint density at radius 1 is 1.67 bits per heavy atom. The number of aliphatic hydroxyl groups is 1. The molecule has 0 aromatic rings. The molecule has 1 aliphatic rings. The van der Waals surface area contributed by atoms with Gasteiger partial charge in [0.15, 0.2) is 0 Å². The summed E-state index contributed by atoms with van der Waals surface area (Å²) >= 11 is 1.77. The van der Waals surface area contributed by atoms with Gasteiger partial charge in [0.05, 0.1) is 0 Å². The maximum absolute atomic E-state index is 9.50. The second-order valence-electron chi connectivity index (χ2n) is 2.21. The summed E-state index contributed by atoms with van der Waals surface area (Å²) in [7, 11) is 0. The van der Waals surface area contributed by atoms with E-state index in [-0.39, 0.29) is 0 Å². The highest BCUT2D eigenvalue weighted by Crippen LogP contribution is 2.26. The van der Waals surface area contributed by atoms with E-state index in [1.807, 2.05) is 0 Å². The van der Waals surface area contributed by atoms with Crippen molar-refractivity contribution >= 4 is 11.8 Å². The highest BCUT2D eigenvalue weighted by atomic mass is 32.2. The Morgan fingerprint density at radius 3 is 2.89 bits per heavy atom. The third kappa shape index (κ3) is 1.64. The lowest BCUT2D eigenvalue weighted by Gasteiger charge is -2.11. The molecule has 1 fully saturated rings. The average Bonchev–Trinajstić information content (AvgIpc) is 2.16. The molecule has 1 rings (SSSR count). The van der Waals surface area contributed by atoms with Crippen molar-refractivity contribution in [1.82, 2.24) is 0 Å². The molecule has 1 saturated heterocycles. The molecular weight excluding hydrogens is 132 g/mol. The van der Waals surface area contributed by atoms with Crippen molar-refractivity contribution in [1.29, 1.82) is 0 Å². The topological polar surface area (TPSA) is 20.2 Å². The smallest absolute Gasteiger partial charge is 0.135 e.